The highest BCUT2D eigenvalue weighted by atomic mass is 16.4. The first-order chi connectivity index (χ1) is 8.11. The number of hydrogen-bond donors (Lipinski definition) is 3. The Hall–Kier alpha value is -1.14. The molecule has 3 N–H and O–H groups in total. The summed E-state index contributed by atoms with van der Waals surface area (Å²) in [6, 6.07) is 0. The van der Waals surface area contributed by atoms with Crippen LogP contribution in [0.15, 0.2) is 0 Å². The number of aliphatic hydroxyl groups excluding tert-OH is 2. The van der Waals surface area contributed by atoms with Crippen molar-refractivity contribution in [2.45, 2.75) is 19.3 Å². The number of carboxylic acids is 1. The van der Waals surface area contributed by atoms with Crippen molar-refractivity contribution >= 4 is 11.9 Å². The lowest BCUT2D eigenvalue weighted by atomic mass is 9.94. The minimum atomic E-state index is -0.936. The van der Waals surface area contributed by atoms with Gasteiger partial charge in [0, 0.05) is 13.1 Å². The summed E-state index contributed by atoms with van der Waals surface area (Å²) in [5.41, 5.74) is 0. The van der Waals surface area contributed by atoms with Gasteiger partial charge in [-0.1, -0.05) is 6.42 Å². The minimum absolute atomic E-state index is 0.141. The predicted octanol–water partition coefficient (Wildman–Crippen LogP) is -0.700. The van der Waals surface area contributed by atoms with Gasteiger partial charge in [-0.2, -0.15) is 0 Å². The maximum atomic E-state index is 12.1. The number of carbonyl (C=O) groups is 2. The monoisotopic (exact) mass is 245 g/mol. The fraction of sp³-hybridized carbons (Fsp3) is 0.818. The van der Waals surface area contributed by atoms with Crippen LogP contribution in [0.3, 0.4) is 0 Å². The van der Waals surface area contributed by atoms with Crippen molar-refractivity contribution in [1.29, 1.82) is 0 Å². The Kier molecular flexibility index (Phi) is 5.37. The molecule has 1 amide bonds. The molecule has 0 radical (unpaired) electrons. The van der Waals surface area contributed by atoms with Gasteiger partial charge in [-0.25, -0.2) is 0 Å². The van der Waals surface area contributed by atoms with Gasteiger partial charge in [-0.3, -0.25) is 9.59 Å². The molecule has 1 saturated carbocycles. The molecule has 1 fully saturated rings. The van der Waals surface area contributed by atoms with Gasteiger partial charge >= 0.3 is 5.97 Å². The van der Waals surface area contributed by atoms with Crippen LogP contribution >= 0.6 is 0 Å². The number of nitrogens with zero attached hydrogens (tertiary/aromatic N) is 1. The standard InChI is InChI=1S/C11H19NO5/c13-6-4-12(5-7-14)10(15)8-2-1-3-9(8)11(16)17/h8-9,13-14H,1-7H2,(H,16,17). The molecule has 6 nitrogen and oxygen atoms in total. The van der Waals surface area contributed by atoms with E-state index in [1.807, 2.05) is 0 Å². The summed E-state index contributed by atoms with van der Waals surface area (Å²) >= 11 is 0. The molecule has 0 aliphatic heterocycles. The van der Waals surface area contributed by atoms with E-state index in [1.54, 1.807) is 0 Å². The first kappa shape index (κ1) is 13.9. The smallest absolute Gasteiger partial charge is 0.307 e. The van der Waals surface area contributed by atoms with E-state index in [-0.39, 0.29) is 32.2 Å². The molecule has 98 valence electrons. The summed E-state index contributed by atoms with van der Waals surface area (Å²) in [4.78, 5) is 24.4. The maximum Gasteiger partial charge on any atom is 0.307 e. The predicted molar refractivity (Wildman–Crippen MR) is 59.2 cm³/mol. The molecular formula is C11H19NO5. The van der Waals surface area contributed by atoms with Crippen LogP contribution in [0.5, 0.6) is 0 Å². The van der Waals surface area contributed by atoms with Gasteiger partial charge in [0.2, 0.25) is 5.91 Å². The number of aliphatic hydroxyl groups is 2. The Balaban J connectivity index is 2.68. The lowest BCUT2D eigenvalue weighted by molar-refractivity contribution is -0.149. The molecule has 6 heteroatoms. The highest BCUT2D eigenvalue weighted by Crippen LogP contribution is 2.33. The minimum Gasteiger partial charge on any atom is -0.481 e. The van der Waals surface area contributed by atoms with Crippen LogP contribution in [-0.2, 0) is 9.59 Å². The Morgan fingerprint density at radius 2 is 1.59 bits per heavy atom. The van der Waals surface area contributed by atoms with E-state index < -0.39 is 17.8 Å². The highest BCUT2D eigenvalue weighted by molar-refractivity contribution is 5.85. The van der Waals surface area contributed by atoms with Crippen LogP contribution in [0.25, 0.3) is 0 Å². The zero-order chi connectivity index (χ0) is 12.8. The molecule has 17 heavy (non-hydrogen) atoms. The molecule has 1 aliphatic rings. The van der Waals surface area contributed by atoms with E-state index in [4.69, 9.17) is 15.3 Å². The van der Waals surface area contributed by atoms with Crippen LogP contribution in [0.1, 0.15) is 19.3 Å². The summed E-state index contributed by atoms with van der Waals surface area (Å²) in [7, 11) is 0. The number of aliphatic carboxylic acids is 1. The van der Waals surface area contributed by atoms with Gasteiger partial charge < -0.3 is 20.2 Å². The first-order valence-electron chi connectivity index (χ1n) is 5.85. The van der Waals surface area contributed by atoms with E-state index in [0.717, 1.165) is 6.42 Å². The molecule has 0 bridgehead atoms. The van der Waals surface area contributed by atoms with Crippen molar-refractivity contribution in [3.8, 4) is 0 Å². The van der Waals surface area contributed by atoms with E-state index >= 15 is 0 Å². The van der Waals surface area contributed by atoms with Crippen LogP contribution in [0, 0.1) is 11.8 Å². The van der Waals surface area contributed by atoms with E-state index in [0.29, 0.717) is 12.8 Å². The Morgan fingerprint density at radius 1 is 1.06 bits per heavy atom. The quantitative estimate of drug-likeness (QED) is 0.575. The number of hydrogen-bond acceptors (Lipinski definition) is 4. The third-order valence-electron chi connectivity index (χ3n) is 3.20. The summed E-state index contributed by atoms with van der Waals surface area (Å²) in [6.07, 6.45) is 1.83. The lowest BCUT2D eigenvalue weighted by Crippen LogP contribution is -2.42. The van der Waals surface area contributed by atoms with Gasteiger partial charge in [-0.15, -0.1) is 0 Å². The lowest BCUT2D eigenvalue weighted by Gasteiger charge is -2.25. The summed E-state index contributed by atoms with van der Waals surface area (Å²) in [5, 5.41) is 26.7. The van der Waals surface area contributed by atoms with Crippen LogP contribution in [0.4, 0.5) is 0 Å². The maximum absolute atomic E-state index is 12.1. The largest absolute Gasteiger partial charge is 0.481 e. The second-order valence-corrected chi connectivity index (χ2v) is 4.25. The molecule has 0 aromatic carbocycles. The van der Waals surface area contributed by atoms with Crippen molar-refractivity contribution in [1.82, 2.24) is 4.90 Å². The third-order valence-corrected chi connectivity index (χ3v) is 3.20. The van der Waals surface area contributed by atoms with Crippen LogP contribution < -0.4 is 0 Å². The molecule has 0 spiro atoms. The van der Waals surface area contributed by atoms with Crippen LogP contribution in [-0.4, -0.2) is 58.4 Å². The van der Waals surface area contributed by atoms with E-state index in [9.17, 15) is 9.59 Å². The number of carbonyl (C=O) groups excluding carboxylic acids is 1. The molecular weight excluding hydrogens is 226 g/mol. The Bertz CT molecular complexity index is 275. The average Bonchev–Trinajstić information content (AvgIpc) is 2.76. The summed E-state index contributed by atoms with van der Waals surface area (Å²) in [6.45, 7) is -0.0864. The van der Waals surface area contributed by atoms with Gasteiger partial charge in [0.15, 0.2) is 0 Å². The number of amides is 1. The Morgan fingerprint density at radius 3 is 2.06 bits per heavy atom. The molecule has 0 heterocycles. The second kappa shape index (κ2) is 6.56. The highest BCUT2D eigenvalue weighted by Gasteiger charge is 2.39. The number of carboxylic acid groups (broad SMARTS) is 1. The van der Waals surface area contributed by atoms with Crippen molar-refractivity contribution in [3.05, 3.63) is 0 Å². The van der Waals surface area contributed by atoms with Crippen molar-refractivity contribution in [3.63, 3.8) is 0 Å². The first-order valence-corrected chi connectivity index (χ1v) is 5.85. The molecule has 1 rings (SSSR count). The van der Waals surface area contributed by atoms with Gasteiger partial charge in [0.1, 0.15) is 0 Å². The third kappa shape index (κ3) is 3.41. The van der Waals surface area contributed by atoms with Gasteiger partial charge in [0.25, 0.3) is 0 Å². The van der Waals surface area contributed by atoms with E-state index in [2.05, 4.69) is 0 Å². The van der Waals surface area contributed by atoms with Gasteiger partial charge in [0.05, 0.1) is 25.0 Å². The summed E-state index contributed by atoms with van der Waals surface area (Å²) in [5.74, 6) is -2.33. The van der Waals surface area contributed by atoms with Crippen LogP contribution in [0.2, 0.25) is 0 Å². The molecule has 2 atom stereocenters. The molecule has 0 aromatic rings. The van der Waals surface area contributed by atoms with E-state index in [1.165, 1.54) is 4.90 Å². The molecule has 0 saturated heterocycles. The van der Waals surface area contributed by atoms with Gasteiger partial charge in [-0.05, 0) is 12.8 Å². The SMILES string of the molecule is O=C(O)C1CCCC1C(=O)N(CCO)CCO. The average molecular weight is 245 g/mol. The zero-order valence-electron chi connectivity index (χ0n) is 9.71. The zero-order valence-corrected chi connectivity index (χ0v) is 9.71. The topological polar surface area (TPSA) is 98.1 Å². The fourth-order valence-corrected chi connectivity index (χ4v) is 2.36. The Labute approximate surface area is 99.8 Å². The normalized spacial score (nSPS) is 23.6. The molecule has 1 aliphatic carbocycles. The second-order valence-electron chi connectivity index (χ2n) is 4.25. The fourth-order valence-electron chi connectivity index (χ4n) is 2.36. The van der Waals surface area contributed by atoms with Crippen molar-refractivity contribution in [2.75, 3.05) is 26.3 Å². The van der Waals surface area contributed by atoms with Crippen molar-refractivity contribution < 1.29 is 24.9 Å². The summed E-state index contributed by atoms with van der Waals surface area (Å²) < 4.78 is 0. The molecule has 2 unspecified atom stereocenters. The molecule has 0 aromatic heterocycles. The van der Waals surface area contributed by atoms with Crippen molar-refractivity contribution in [2.24, 2.45) is 11.8 Å². The number of rotatable bonds is 6.